The maximum Gasteiger partial charge on any atom is 0.258 e. The number of pyridine rings is 1. The quantitative estimate of drug-likeness (QED) is 0.723. The van der Waals surface area contributed by atoms with E-state index in [-0.39, 0.29) is 23.3 Å². The molecular formula is C21H19FN2O2. The molecule has 0 N–H and O–H groups in total. The van der Waals surface area contributed by atoms with Crippen LogP contribution in [0.3, 0.4) is 0 Å². The molecule has 1 saturated carbocycles. The van der Waals surface area contributed by atoms with E-state index in [2.05, 4.69) is 0 Å². The van der Waals surface area contributed by atoms with Crippen molar-refractivity contribution in [3.8, 4) is 0 Å². The molecule has 0 saturated heterocycles. The number of amides is 1. The first kappa shape index (κ1) is 16.5. The summed E-state index contributed by atoms with van der Waals surface area (Å²) in [6.45, 7) is 0.360. The molecule has 0 unspecified atom stereocenters. The minimum atomic E-state index is -0.307. The van der Waals surface area contributed by atoms with Crippen LogP contribution in [-0.2, 0) is 13.6 Å². The maximum absolute atomic E-state index is 13.5. The first-order valence-electron chi connectivity index (χ1n) is 8.68. The van der Waals surface area contributed by atoms with Crippen LogP contribution in [0.4, 0.5) is 4.39 Å². The van der Waals surface area contributed by atoms with Gasteiger partial charge in [-0.25, -0.2) is 4.39 Å². The van der Waals surface area contributed by atoms with Gasteiger partial charge in [-0.3, -0.25) is 9.59 Å². The minimum absolute atomic E-state index is 0.122. The van der Waals surface area contributed by atoms with E-state index in [1.807, 2.05) is 12.1 Å². The Labute approximate surface area is 150 Å². The third-order valence-electron chi connectivity index (χ3n) is 4.81. The molecule has 0 radical (unpaired) electrons. The molecule has 1 fully saturated rings. The van der Waals surface area contributed by atoms with E-state index in [1.165, 1.54) is 16.7 Å². The standard InChI is InChI=1S/C21H19FN2O2/c1-23-13-19(17-7-2-3-8-18(17)20(23)25)21(26)24(16-9-10-16)12-14-5-4-6-15(22)11-14/h2-8,11,13,16H,9-10,12H2,1H3. The van der Waals surface area contributed by atoms with Crippen LogP contribution in [0.15, 0.2) is 59.5 Å². The number of hydrogen-bond donors (Lipinski definition) is 0. The molecule has 1 heterocycles. The van der Waals surface area contributed by atoms with Gasteiger partial charge in [-0.15, -0.1) is 0 Å². The third-order valence-corrected chi connectivity index (χ3v) is 4.81. The number of carbonyl (C=O) groups is 1. The summed E-state index contributed by atoms with van der Waals surface area (Å²) in [6.07, 6.45) is 3.50. The highest BCUT2D eigenvalue weighted by molar-refractivity contribution is 6.06. The first-order valence-corrected chi connectivity index (χ1v) is 8.68. The van der Waals surface area contributed by atoms with Crippen molar-refractivity contribution in [3.63, 3.8) is 0 Å². The molecule has 0 atom stereocenters. The Morgan fingerprint density at radius 3 is 2.58 bits per heavy atom. The molecule has 132 valence electrons. The number of hydrogen-bond acceptors (Lipinski definition) is 2. The number of carbonyl (C=O) groups excluding carboxylic acids is 1. The second kappa shape index (κ2) is 6.41. The fourth-order valence-corrected chi connectivity index (χ4v) is 3.33. The highest BCUT2D eigenvalue weighted by Gasteiger charge is 2.34. The van der Waals surface area contributed by atoms with E-state index < -0.39 is 0 Å². The maximum atomic E-state index is 13.5. The molecule has 1 aliphatic rings. The van der Waals surface area contributed by atoms with E-state index >= 15 is 0 Å². The van der Waals surface area contributed by atoms with Crippen molar-refractivity contribution < 1.29 is 9.18 Å². The molecule has 0 aliphatic heterocycles. The van der Waals surface area contributed by atoms with Gasteiger partial charge in [0.05, 0.1) is 5.56 Å². The Bertz CT molecular complexity index is 1050. The number of aryl methyl sites for hydroxylation is 1. The van der Waals surface area contributed by atoms with Crippen molar-refractivity contribution in [2.45, 2.75) is 25.4 Å². The lowest BCUT2D eigenvalue weighted by atomic mass is 10.1. The van der Waals surface area contributed by atoms with Crippen molar-refractivity contribution in [3.05, 3.63) is 82.0 Å². The second-order valence-electron chi connectivity index (χ2n) is 6.80. The predicted molar refractivity (Wildman–Crippen MR) is 98.5 cm³/mol. The topological polar surface area (TPSA) is 42.3 Å². The van der Waals surface area contributed by atoms with Crippen molar-refractivity contribution in [2.24, 2.45) is 7.05 Å². The second-order valence-corrected chi connectivity index (χ2v) is 6.80. The number of rotatable bonds is 4. The van der Waals surface area contributed by atoms with E-state index in [4.69, 9.17) is 0 Å². The Morgan fingerprint density at radius 2 is 1.88 bits per heavy atom. The first-order chi connectivity index (χ1) is 12.5. The summed E-state index contributed by atoms with van der Waals surface area (Å²) >= 11 is 0. The lowest BCUT2D eigenvalue weighted by molar-refractivity contribution is 0.0731. The van der Waals surface area contributed by atoms with Crippen LogP contribution < -0.4 is 5.56 Å². The molecule has 4 rings (SSSR count). The minimum Gasteiger partial charge on any atom is -0.331 e. The number of halogens is 1. The summed E-state index contributed by atoms with van der Waals surface area (Å²) in [5.74, 6) is -0.429. The zero-order chi connectivity index (χ0) is 18.3. The van der Waals surface area contributed by atoms with Crippen molar-refractivity contribution in [1.82, 2.24) is 9.47 Å². The summed E-state index contributed by atoms with van der Waals surface area (Å²) in [4.78, 5) is 27.4. The van der Waals surface area contributed by atoms with Gasteiger partial charge in [0.25, 0.3) is 11.5 Å². The van der Waals surface area contributed by atoms with E-state index in [9.17, 15) is 14.0 Å². The lowest BCUT2D eigenvalue weighted by Gasteiger charge is -2.23. The number of benzene rings is 2. The van der Waals surface area contributed by atoms with Crippen LogP contribution >= 0.6 is 0 Å². The van der Waals surface area contributed by atoms with Gasteiger partial charge in [0.15, 0.2) is 0 Å². The average molecular weight is 350 g/mol. The van der Waals surface area contributed by atoms with E-state index in [0.717, 1.165) is 18.4 Å². The van der Waals surface area contributed by atoms with Gasteiger partial charge in [0, 0.05) is 36.6 Å². The largest absolute Gasteiger partial charge is 0.331 e. The molecule has 0 spiro atoms. The third kappa shape index (κ3) is 3.01. The summed E-state index contributed by atoms with van der Waals surface area (Å²) in [6, 6.07) is 13.7. The number of aromatic nitrogens is 1. The van der Waals surface area contributed by atoms with Crippen LogP contribution in [0, 0.1) is 5.82 Å². The Balaban J connectivity index is 1.76. The van der Waals surface area contributed by atoms with Crippen LogP contribution in [0.2, 0.25) is 0 Å². The van der Waals surface area contributed by atoms with Gasteiger partial charge in [0.1, 0.15) is 5.82 Å². The highest BCUT2D eigenvalue weighted by Crippen LogP contribution is 2.31. The van der Waals surface area contributed by atoms with E-state index in [0.29, 0.717) is 22.9 Å². The fourth-order valence-electron chi connectivity index (χ4n) is 3.33. The molecule has 5 heteroatoms. The molecule has 0 bridgehead atoms. The van der Waals surface area contributed by atoms with Crippen molar-refractivity contribution >= 4 is 16.7 Å². The van der Waals surface area contributed by atoms with Crippen LogP contribution in [-0.4, -0.2) is 21.4 Å². The monoisotopic (exact) mass is 350 g/mol. The molecule has 2 aromatic carbocycles. The number of nitrogens with zero attached hydrogens (tertiary/aromatic N) is 2. The molecule has 1 aliphatic carbocycles. The van der Waals surface area contributed by atoms with Crippen molar-refractivity contribution in [1.29, 1.82) is 0 Å². The lowest BCUT2D eigenvalue weighted by Crippen LogP contribution is -2.34. The predicted octanol–water partition coefficient (Wildman–Crippen LogP) is 3.48. The smallest absolute Gasteiger partial charge is 0.258 e. The van der Waals surface area contributed by atoms with Gasteiger partial charge in [-0.2, -0.15) is 0 Å². The Kier molecular flexibility index (Phi) is 4.07. The Hall–Kier alpha value is -2.95. The molecule has 4 nitrogen and oxygen atoms in total. The van der Waals surface area contributed by atoms with Crippen molar-refractivity contribution in [2.75, 3.05) is 0 Å². The van der Waals surface area contributed by atoms with Gasteiger partial charge in [0.2, 0.25) is 0 Å². The van der Waals surface area contributed by atoms with E-state index in [1.54, 1.807) is 42.4 Å². The normalized spacial score (nSPS) is 13.8. The van der Waals surface area contributed by atoms with Crippen LogP contribution in [0.25, 0.3) is 10.8 Å². The molecule has 26 heavy (non-hydrogen) atoms. The summed E-state index contributed by atoms with van der Waals surface area (Å²) < 4.78 is 15.0. The van der Waals surface area contributed by atoms with Gasteiger partial charge in [-0.1, -0.05) is 30.3 Å². The van der Waals surface area contributed by atoms with Crippen LogP contribution in [0.1, 0.15) is 28.8 Å². The number of fused-ring (bicyclic) bond motifs is 1. The SMILES string of the molecule is Cn1cc(C(=O)N(Cc2cccc(F)c2)C2CC2)c2ccccc2c1=O. The van der Waals surface area contributed by atoms with Gasteiger partial charge in [-0.05, 0) is 36.6 Å². The average Bonchev–Trinajstić information content (AvgIpc) is 3.47. The molecular weight excluding hydrogens is 331 g/mol. The van der Waals surface area contributed by atoms with Crippen LogP contribution in [0.5, 0.6) is 0 Å². The highest BCUT2D eigenvalue weighted by atomic mass is 19.1. The molecule has 3 aromatic rings. The van der Waals surface area contributed by atoms with Gasteiger partial charge < -0.3 is 9.47 Å². The zero-order valence-corrected chi connectivity index (χ0v) is 14.5. The molecule has 1 amide bonds. The molecule has 1 aromatic heterocycles. The fraction of sp³-hybridized carbons (Fsp3) is 0.238. The van der Waals surface area contributed by atoms with Gasteiger partial charge >= 0.3 is 0 Å². The zero-order valence-electron chi connectivity index (χ0n) is 14.5. The summed E-state index contributed by atoms with van der Waals surface area (Å²) in [7, 11) is 1.65. The Morgan fingerprint density at radius 1 is 1.15 bits per heavy atom. The summed E-state index contributed by atoms with van der Waals surface area (Å²) in [5.41, 5.74) is 1.14. The summed E-state index contributed by atoms with van der Waals surface area (Å²) in [5, 5.41) is 1.19.